The van der Waals surface area contributed by atoms with Gasteiger partial charge in [0.25, 0.3) is 12.3 Å². The van der Waals surface area contributed by atoms with Crippen molar-refractivity contribution in [2.24, 2.45) is 0 Å². The van der Waals surface area contributed by atoms with Crippen LogP contribution >= 0.6 is 0 Å². The standard InChI is InChI=1S/C8H8F3NO2/c1-13-6-5(7(10)11)4(9)3-12-8(6)14-2/h3,7H,1-2H3. The number of alkyl halides is 2. The molecule has 0 bridgehead atoms. The molecule has 0 aromatic carbocycles. The topological polar surface area (TPSA) is 31.4 Å². The van der Waals surface area contributed by atoms with E-state index in [9.17, 15) is 13.2 Å². The Balaban J connectivity index is 3.35. The molecule has 0 saturated carbocycles. The van der Waals surface area contributed by atoms with Crippen molar-refractivity contribution in [2.75, 3.05) is 14.2 Å². The Morgan fingerprint density at radius 1 is 1.29 bits per heavy atom. The van der Waals surface area contributed by atoms with Gasteiger partial charge in [0.2, 0.25) is 0 Å². The highest BCUT2D eigenvalue weighted by Gasteiger charge is 2.23. The van der Waals surface area contributed by atoms with Crippen LogP contribution in [0.1, 0.15) is 12.0 Å². The number of pyridine rings is 1. The van der Waals surface area contributed by atoms with Crippen LogP contribution in [0.4, 0.5) is 13.2 Å². The van der Waals surface area contributed by atoms with Gasteiger partial charge in [-0.05, 0) is 0 Å². The van der Waals surface area contributed by atoms with Crippen molar-refractivity contribution in [2.45, 2.75) is 6.43 Å². The fraction of sp³-hybridized carbons (Fsp3) is 0.375. The van der Waals surface area contributed by atoms with E-state index in [4.69, 9.17) is 0 Å². The van der Waals surface area contributed by atoms with Crippen molar-refractivity contribution >= 4 is 0 Å². The predicted octanol–water partition coefficient (Wildman–Crippen LogP) is 2.18. The predicted molar refractivity (Wildman–Crippen MR) is 42.3 cm³/mol. The Morgan fingerprint density at radius 2 is 1.93 bits per heavy atom. The average Bonchev–Trinajstić information content (AvgIpc) is 2.16. The van der Waals surface area contributed by atoms with Crippen molar-refractivity contribution in [3.8, 4) is 11.6 Å². The van der Waals surface area contributed by atoms with Gasteiger partial charge >= 0.3 is 0 Å². The molecule has 0 spiro atoms. The number of halogens is 3. The molecule has 0 fully saturated rings. The lowest BCUT2D eigenvalue weighted by molar-refractivity contribution is 0.140. The zero-order chi connectivity index (χ0) is 10.7. The first-order chi connectivity index (χ1) is 6.61. The van der Waals surface area contributed by atoms with Crippen LogP contribution in [0.3, 0.4) is 0 Å². The fourth-order valence-electron chi connectivity index (χ4n) is 1.01. The van der Waals surface area contributed by atoms with Gasteiger partial charge in [0.15, 0.2) is 11.6 Å². The minimum absolute atomic E-state index is 0.163. The second kappa shape index (κ2) is 4.17. The van der Waals surface area contributed by atoms with Gasteiger partial charge in [-0.15, -0.1) is 0 Å². The molecule has 78 valence electrons. The maximum Gasteiger partial charge on any atom is 0.270 e. The molecule has 6 heteroatoms. The summed E-state index contributed by atoms with van der Waals surface area (Å²) in [4.78, 5) is 3.46. The first-order valence-electron chi connectivity index (χ1n) is 3.66. The number of methoxy groups -OCH3 is 2. The summed E-state index contributed by atoms with van der Waals surface area (Å²) in [7, 11) is 2.38. The van der Waals surface area contributed by atoms with Crippen molar-refractivity contribution in [3.63, 3.8) is 0 Å². The van der Waals surface area contributed by atoms with Crippen molar-refractivity contribution in [3.05, 3.63) is 17.6 Å². The van der Waals surface area contributed by atoms with Gasteiger partial charge in [-0.3, -0.25) is 0 Å². The molecule has 1 rings (SSSR count). The summed E-state index contributed by atoms with van der Waals surface area (Å²) in [6.07, 6.45) is -2.30. The van der Waals surface area contributed by atoms with E-state index < -0.39 is 17.8 Å². The Labute approximate surface area is 78.5 Å². The Hall–Kier alpha value is -1.46. The van der Waals surface area contributed by atoms with E-state index in [1.54, 1.807) is 0 Å². The summed E-state index contributed by atoms with van der Waals surface area (Å²) in [6, 6.07) is 0. The first kappa shape index (κ1) is 10.6. The molecule has 0 amide bonds. The van der Waals surface area contributed by atoms with Gasteiger partial charge in [-0.2, -0.15) is 0 Å². The van der Waals surface area contributed by atoms with E-state index in [1.807, 2.05) is 0 Å². The Bertz CT molecular complexity index is 331. The van der Waals surface area contributed by atoms with Gasteiger partial charge in [-0.25, -0.2) is 18.2 Å². The molecule has 0 aliphatic carbocycles. The van der Waals surface area contributed by atoms with Gasteiger partial charge in [0, 0.05) is 0 Å². The minimum atomic E-state index is -2.97. The van der Waals surface area contributed by atoms with Crippen LogP contribution in [-0.4, -0.2) is 19.2 Å². The van der Waals surface area contributed by atoms with E-state index in [2.05, 4.69) is 14.5 Å². The molecule has 0 radical (unpaired) electrons. The zero-order valence-electron chi connectivity index (χ0n) is 7.55. The maximum atomic E-state index is 12.9. The number of aromatic nitrogens is 1. The van der Waals surface area contributed by atoms with Gasteiger partial charge in [0.1, 0.15) is 5.56 Å². The molecule has 14 heavy (non-hydrogen) atoms. The number of hydrogen-bond donors (Lipinski definition) is 0. The third-order valence-electron chi connectivity index (χ3n) is 1.61. The number of hydrogen-bond acceptors (Lipinski definition) is 3. The summed E-state index contributed by atoms with van der Waals surface area (Å²) >= 11 is 0. The van der Waals surface area contributed by atoms with E-state index >= 15 is 0 Å². The van der Waals surface area contributed by atoms with Crippen LogP contribution in [0.25, 0.3) is 0 Å². The third-order valence-corrected chi connectivity index (χ3v) is 1.61. The SMILES string of the molecule is COc1ncc(F)c(C(F)F)c1OC. The molecule has 0 N–H and O–H groups in total. The van der Waals surface area contributed by atoms with E-state index in [0.717, 1.165) is 7.11 Å². The van der Waals surface area contributed by atoms with Crippen LogP contribution in [0.2, 0.25) is 0 Å². The summed E-state index contributed by atoms with van der Waals surface area (Å²) in [5.41, 5.74) is -0.834. The van der Waals surface area contributed by atoms with Gasteiger partial charge in [0.05, 0.1) is 20.4 Å². The van der Waals surface area contributed by atoms with Gasteiger partial charge in [-0.1, -0.05) is 0 Å². The van der Waals surface area contributed by atoms with Crippen LogP contribution in [0, 0.1) is 5.82 Å². The highest BCUT2D eigenvalue weighted by molar-refractivity contribution is 5.42. The van der Waals surface area contributed by atoms with E-state index in [1.165, 1.54) is 7.11 Å². The monoisotopic (exact) mass is 207 g/mol. The Kier molecular flexibility index (Phi) is 3.16. The lowest BCUT2D eigenvalue weighted by Crippen LogP contribution is -2.01. The summed E-state index contributed by atoms with van der Waals surface area (Å²) in [6.45, 7) is 0. The third kappa shape index (κ3) is 1.73. The molecule has 0 unspecified atom stereocenters. The lowest BCUT2D eigenvalue weighted by Gasteiger charge is -2.11. The van der Waals surface area contributed by atoms with Crippen molar-refractivity contribution < 1.29 is 22.6 Å². The Morgan fingerprint density at radius 3 is 2.36 bits per heavy atom. The average molecular weight is 207 g/mol. The van der Waals surface area contributed by atoms with Crippen LogP contribution < -0.4 is 9.47 Å². The zero-order valence-corrected chi connectivity index (χ0v) is 7.55. The molecule has 0 aliphatic rings. The first-order valence-corrected chi connectivity index (χ1v) is 3.66. The second-order valence-corrected chi connectivity index (χ2v) is 2.36. The largest absolute Gasteiger partial charge is 0.491 e. The molecular weight excluding hydrogens is 199 g/mol. The molecule has 0 saturated heterocycles. The summed E-state index contributed by atoms with van der Waals surface area (Å²) in [5.74, 6) is -1.65. The molecule has 0 aliphatic heterocycles. The lowest BCUT2D eigenvalue weighted by atomic mass is 10.2. The van der Waals surface area contributed by atoms with Crippen molar-refractivity contribution in [1.82, 2.24) is 4.98 Å². The fourth-order valence-corrected chi connectivity index (χ4v) is 1.01. The summed E-state index contributed by atoms with van der Waals surface area (Å²) < 4.78 is 47.0. The van der Waals surface area contributed by atoms with Crippen LogP contribution in [0.15, 0.2) is 6.20 Å². The van der Waals surface area contributed by atoms with E-state index in [0.29, 0.717) is 6.20 Å². The highest BCUT2D eigenvalue weighted by Crippen LogP contribution is 2.36. The minimum Gasteiger partial charge on any atom is -0.491 e. The highest BCUT2D eigenvalue weighted by atomic mass is 19.3. The summed E-state index contributed by atoms with van der Waals surface area (Å²) in [5, 5.41) is 0. The van der Waals surface area contributed by atoms with Crippen LogP contribution in [0.5, 0.6) is 11.6 Å². The quantitative estimate of drug-likeness (QED) is 0.761. The number of ether oxygens (including phenoxy) is 2. The van der Waals surface area contributed by atoms with Crippen molar-refractivity contribution in [1.29, 1.82) is 0 Å². The molecule has 0 atom stereocenters. The molecular formula is C8H8F3NO2. The van der Waals surface area contributed by atoms with E-state index in [-0.39, 0.29) is 11.6 Å². The molecule has 1 aromatic rings. The number of rotatable bonds is 3. The molecule has 1 aromatic heterocycles. The maximum absolute atomic E-state index is 12.9. The number of nitrogens with zero attached hydrogens (tertiary/aromatic N) is 1. The molecule has 1 heterocycles. The molecule has 3 nitrogen and oxygen atoms in total. The van der Waals surface area contributed by atoms with Gasteiger partial charge < -0.3 is 9.47 Å². The normalized spacial score (nSPS) is 10.4. The smallest absolute Gasteiger partial charge is 0.270 e. The second-order valence-electron chi connectivity index (χ2n) is 2.36. The van der Waals surface area contributed by atoms with Crippen LogP contribution in [-0.2, 0) is 0 Å².